The predicted molar refractivity (Wildman–Crippen MR) is 178 cm³/mol. The van der Waals surface area contributed by atoms with Crippen molar-refractivity contribution in [2.45, 2.75) is 20.8 Å². The van der Waals surface area contributed by atoms with E-state index in [4.69, 9.17) is 9.72 Å². The number of benzene rings is 5. The second-order valence-electron chi connectivity index (χ2n) is 11.6. The van der Waals surface area contributed by atoms with Crippen LogP contribution in [0.2, 0.25) is 0 Å². The van der Waals surface area contributed by atoms with Gasteiger partial charge in [-0.05, 0) is 54.8 Å². The normalized spacial score (nSPS) is 11.7. The molecule has 5 nitrogen and oxygen atoms in total. The van der Waals surface area contributed by atoms with E-state index in [0.717, 1.165) is 60.3 Å². The number of hydrogen-bond acceptors (Lipinski definition) is 3. The van der Waals surface area contributed by atoms with Crippen molar-refractivity contribution < 1.29 is 25.8 Å². The third-order valence-corrected chi connectivity index (χ3v) is 8.69. The third-order valence-electron chi connectivity index (χ3n) is 8.69. The fourth-order valence-electron chi connectivity index (χ4n) is 6.94. The number of imidazole rings is 2. The summed E-state index contributed by atoms with van der Waals surface area (Å²) < 4.78 is 10.7. The van der Waals surface area contributed by atoms with Gasteiger partial charge in [-0.15, -0.1) is 12.1 Å². The van der Waals surface area contributed by atoms with Gasteiger partial charge in [0.15, 0.2) is 0 Å². The number of aromatic nitrogens is 4. The van der Waals surface area contributed by atoms with E-state index < -0.39 is 0 Å². The van der Waals surface area contributed by atoms with Crippen LogP contribution in [0.15, 0.2) is 104 Å². The monoisotopic (exact) mass is 761 g/mol. The smallest absolute Gasteiger partial charge is 0.497 e. The number of pyridine rings is 2. The summed E-state index contributed by atoms with van der Waals surface area (Å²) in [5.74, 6) is 1.22. The van der Waals surface area contributed by atoms with Gasteiger partial charge < -0.3 is 13.5 Å². The minimum Gasteiger partial charge on any atom is -0.497 e. The van der Waals surface area contributed by atoms with Gasteiger partial charge in [-0.25, -0.2) is 0 Å². The average Bonchev–Trinajstić information content (AvgIpc) is 3.70. The van der Waals surface area contributed by atoms with E-state index in [2.05, 4.69) is 126 Å². The van der Waals surface area contributed by atoms with Gasteiger partial charge in [-0.3, -0.25) is 9.97 Å². The molecule has 6 heteroatoms. The summed E-state index contributed by atoms with van der Waals surface area (Å²) in [5.41, 5.74) is 9.76. The van der Waals surface area contributed by atoms with Crippen LogP contribution in [0.3, 0.4) is 0 Å². The molecule has 0 amide bonds. The number of rotatable bonds is 3. The van der Waals surface area contributed by atoms with Crippen LogP contribution >= 0.6 is 0 Å². The van der Waals surface area contributed by atoms with Crippen molar-refractivity contribution in [1.82, 2.24) is 18.8 Å². The van der Waals surface area contributed by atoms with Gasteiger partial charge >= 0.3 is 21.1 Å². The van der Waals surface area contributed by atoms with E-state index in [9.17, 15) is 0 Å². The van der Waals surface area contributed by atoms with Gasteiger partial charge in [0, 0.05) is 46.7 Å². The molecule has 5 aromatic carbocycles. The maximum absolute atomic E-state index is 6.45. The molecule has 0 fully saturated rings. The maximum atomic E-state index is 6.45. The molecular formula is C39H26N4OPt. The van der Waals surface area contributed by atoms with E-state index in [1.807, 2.05) is 24.5 Å². The molecule has 0 spiro atoms. The first-order valence-corrected chi connectivity index (χ1v) is 14.8. The predicted octanol–water partition coefficient (Wildman–Crippen LogP) is 9.58. The summed E-state index contributed by atoms with van der Waals surface area (Å²) in [5, 5.41) is 6.30. The Labute approximate surface area is 274 Å². The molecule has 4 aromatic heterocycles. The standard InChI is InChI=1S/C39H26N4O.Pt/c1-23-18-24(2)37(25(3)19-23)34-22-43-36-11-7-5-9-31(36)29-15-13-27(21-33(29)39(43)41-34)44-26-12-14-28-30-8-4-6-10-35(30)42-17-16-40-38(42)32(28)20-26;/h4-19,22H,1-3H3;/q-2;+2. The zero-order valence-electron chi connectivity index (χ0n) is 24.8. The maximum Gasteiger partial charge on any atom is 2.00 e. The average molecular weight is 762 g/mol. The summed E-state index contributed by atoms with van der Waals surface area (Å²) in [6.45, 7) is 6.46. The number of ether oxygens (including phenoxy) is 1. The van der Waals surface area contributed by atoms with Crippen LogP contribution in [0.1, 0.15) is 16.7 Å². The molecule has 0 aliphatic heterocycles. The molecule has 0 saturated carbocycles. The number of para-hydroxylation sites is 2. The van der Waals surface area contributed by atoms with Gasteiger partial charge in [-0.1, -0.05) is 99.9 Å². The molecular weight excluding hydrogens is 736 g/mol. The molecule has 218 valence electrons. The molecule has 0 aliphatic rings. The van der Waals surface area contributed by atoms with Crippen molar-refractivity contribution in [3.8, 4) is 22.8 Å². The van der Waals surface area contributed by atoms with Crippen molar-refractivity contribution in [2.24, 2.45) is 0 Å². The van der Waals surface area contributed by atoms with E-state index in [1.54, 1.807) is 0 Å². The molecule has 0 unspecified atom stereocenters. The Bertz CT molecular complexity index is 2610. The zero-order chi connectivity index (χ0) is 29.5. The third kappa shape index (κ3) is 4.18. The number of nitrogens with zero attached hydrogens (tertiary/aromatic N) is 4. The van der Waals surface area contributed by atoms with Crippen LogP contribution in [0.4, 0.5) is 0 Å². The van der Waals surface area contributed by atoms with Crippen LogP contribution in [0, 0.1) is 32.9 Å². The number of hydrogen-bond donors (Lipinski definition) is 0. The first kappa shape index (κ1) is 27.5. The van der Waals surface area contributed by atoms with Gasteiger partial charge in [0.2, 0.25) is 0 Å². The SMILES string of the molecule is Cc1cc(C)c(-c2cn3c4ccccc4c4ccc(Oc5[c-]c6c(cc5)c5ccccc5n5ccnc65)[c-]c4c3n2)c(C)c1.[Pt+2]. The number of aryl methyl sites for hydroxylation is 3. The van der Waals surface area contributed by atoms with Crippen molar-refractivity contribution in [3.05, 3.63) is 132 Å². The fourth-order valence-corrected chi connectivity index (χ4v) is 6.94. The van der Waals surface area contributed by atoms with Crippen molar-refractivity contribution in [3.63, 3.8) is 0 Å². The molecule has 0 N–H and O–H groups in total. The van der Waals surface area contributed by atoms with Crippen LogP contribution in [0.25, 0.3) is 65.9 Å². The molecule has 9 rings (SSSR count). The Morgan fingerprint density at radius 2 is 1.22 bits per heavy atom. The van der Waals surface area contributed by atoms with Gasteiger partial charge in [0.1, 0.15) is 0 Å². The van der Waals surface area contributed by atoms with Crippen molar-refractivity contribution in [1.29, 1.82) is 0 Å². The van der Waals surface area contributed by atoms with Crippen LogP contribution in [0.5, 0.6) is 11.5 Å². The van der Waals surface area contributed by atoms with E-state index in [1.165, 1.54) is 22.3 Å². The minimum atomic E-state index is 0. The second kappa shape index (κ2) is 10.3. The fraction of sp³-hybridized carbons (Fsp3) is 0.0769. The molecule has 0 atom stereocenters. The molecule has 45 heavy (non-hydrogen) atoms. The Hall–Kier alpha value is -4.99. The molecule has 0 saturated heterocycles. The molecule has 0 aliphatic carbocycles. The van der Waals surface area contributed by atoms with Crippen LogP contribution in [-0.4, -0.2) is 18.8 Å². The van der Waals surface area contributed by atoms with Crippen molar-refractivity contribution in [2.75, 3.05) is 0 Å². The molecule has 9 aromatic rings. The first-order chi connectivity index (χ1) is 21.5. The summed E-state index contributed by atoms with van der Waals surface area (Å²) in [6, 6.07) is 36.5. The van der Waals surface area contributed by atoms with Gasteiger partial charge in [0.05, 0.1) is 17.0 Å². The van der Waals surface area contributed by atoms with E-state index >= 15 is 0 Å². The Balaban J connectivity index is 0.00000300. The van der Waals surface area contributed by atoms with E-state index in [-0.39, 0.29) is 21.1 Å². The second-order valence-corrected chi connectivity index (χ2v) is 11.6. The van der Waals surface area contributed by atoms with Crippen LogP contribution in [-0.2, 0) is 21.1 Å². The largest absolute Gasteiger partial charge is 2.00 e. The summed E-state index contributed by atoms with van der Waals surface area (Å²) >= 11 is 0. The summed E-state index contributed by atoms with van der Waals surface area (Å²) in [6.07, 6.45) is 5.97. The number of fused-ring (bicyclic) bond motifs is 12. The van der Waals surface area contributed by atoms with Crippen LogP contribution < -0.4 is 4.74 Å². The summed E-state index contributed by atoms with van der Waals surface area (Å²) in [4.78, 5) is 9.87. The molecule has 0 radical (unpaired) electrons. The van der Waals surface area contributed by atoms with Gasteiger partial charge in [0.25, 0.3) is 0 Å². The molecule has 4 heterocycles. The molecule has 0 bridgehead atoms. The first-order valence-electron chi connectivity index (χ1n) is 14.8. The quantitative estimate of drug-likeness (QED) is 0.133. The minimum absolute atomic E-state index is 0. The Kier molecular flexibility index (Phi) is 6.30. The van der Waals surface area contributed by atoms with Crippen molar-refractivity contribution >= 4 is 54.6 Å². The summed E-state index contributed by atoms with van der Waals surface area (Å²) in [7, 11) is 0. The topological polar surface area (TPSA) is 43.8 Å². The Morgan fingerprint density at radius 1 is 0.644 bits per heavy atom. The zero-order valence-corrected chi connectivity index (χ0v) is 27.1. The van der Waals surface area contributed by atoms with E-state index in [0.29, 0.717) is 11.5 Å². The van der Waals surface area contributed by atoms with Gasteiger partial charge in [-0.2, -0.15) is 0 Å². The Morgan fingerprint density at radius 3 is 1.87 bits per heavy atom.